The number of methoxy groups -OCH3 is 1. The van der Waals surface area contributed by atoms with E-state index >= 15 is 0 Å². The van der Waals surface area contributed by atoms with E-state index in [1.165, 1.54) is 6.92 Å². The highest BCUT2D eigenvalue weighted by Gasteiger charge is 1.96. The summed E-state index contributed by atoms with van der Waals surface area (Å²) in [4.78, 5) is 10.2. The maximum absolute atomic E-state index is 10.2. The summed E-state index contributed by atoms with van der Waals surface area (Å²) in [6, 6.07) is 0. The van der Waals surface area contributed by atoms with Gasteiger partial charge in [0.15, 0.2) is 0 Å². The fourth-order valence-corrected chi connectivity index (χ4v) is 0.736. The third-order valence-corrected chi connectivity index (χ3v) is 1.75. The zero-order valence-corrected chi connectivity index (χ0v) is 7.79. The fourth-order valence-electron chi connectivity index (χ4n) is 0.736. The van der Waals surface area contributed by atoms with Crippen molar-refractivity contribution in [1.82, 2.24) is 0 Å². The number of hydrogen-bond donors (Lipinski definition) is 0. The number of carboxylic acids is 1. The highest BCUT2D eigenvalue weighted by Crippen LogP contribution is 2.03. The van der Waals surface area contributed by atoms with E-state index in [2.05, 4.69) is 0 Å². The SMILES string of the molecule is COC(C)CC/C=C(\C)C(=O)[O-]. The van der Waals surface area contributed by atoms with E-state index in [0.717, 1.165) is 12.8 Å². The standard InChI is InChI=1S/C9H16O3/c1-7(9(10)11)5-4-6-8(2)12-3/h5,8H,4,6H2,1-3H3,(H,10,11)/p-1/b7-5+. The normalized spacial score (nSPS) is 14.4. The molecule has 0 aliphatic heterocycles. The second kappa shape index (κ2) is 5.77. The van der Waals surface area contributed by atoms with Crippen LogP contribution in [0.3, 0.4) is 0 Å². The summed E-state index contributed by atoms with van der Waals surface area (Å²) in [6.45, 7) is 3.48. The van der Waals surface area contributed by atoms with Crippen LogP contribution in [0.1, 0.15) is 26.7 Å². The zero-order valence-electron chi connectivity index (χ0n) is 7.79. The number of allylic oxidation sites excluding steroid dienone is 1. The molecule has 0 saturated heterocycles. The van der Waals surface area contributed by atoms with Crippen molar-refractivity contribution in [1.29, 1.82) is 0 Å². The van der Waals surface area contributed by atoms with Gasteiger partial charge in [0.1, 0.15) is 0 Å². The molecule has 0 saturated carbocycles. The average molecular weight is 171 g/mol. The predicted octanol–water partition coefficient (Wildman–Crippen LogP) is 0.498. The molecule has 1 atom stereocenters. The summed E-state index contributed by atoms with van der Waals surface area (Å²) < 4.78 is 5.00. The molecule has 70 valence electrons. The van der Waals surface area contributed by atoms with Crippen LogP contribution in [-0.2, 0) is 9.53 Å². The molecule has 1 unspecified atom stereocenters. The van der Waals surface area contributed by atoms with Gasteiger partial charge in [-0.3, -0.25) is 0 Å². The molecular formula is C9H15O3-. The molecule has 12 heavy (non-hydrogen) atoms. The van der Waals surface area contributed by atoms with Crippen molar-refractivity contribution >= 4 is 5.97 Å². The van der Waals surface area contributed by atoms with Crippen molar-refractivity contribution in [3.05, 3.63) is 11.6 Å². The minimum Gasteiger partial charge on any atom is -0.545 e. The molecule has 0 heterocycles. The molecule has 3 nitrogen and oxygen atoms in total. The fraction of sp³-hybridized carbons (Fsp3) is 0.667. The summed E-state index contributed by atoms with van der Waals surface area (Å²) in [7, 11) is 1.64. The van der Waals surface area contributed by atoms with Gasteiger partial charge in [-0.2, -0.15) is 0 Å². The Balaban J connectivity index is 3.67. The molecule has 0 rings (SSSR count). The van der Waals surface area contributed by atoms with Crippen molar-refractivity contribution in [2.45, 2.75) is 32.8 Å². The first kappa shape index (κ1) is 11.2. The Morgan fingerprint density at radius 1 is 1.67 bits per heavy atom. The van der Waals surface area contributed by atoms with Crippen molar-refractivity contribution in [3.63, 3.8) is 0 Å². The second-order valence-electron chi connectivity index (χ2n) is 2.80. The highest BCUT2D eigenvalue weighted by molar-refractivity contribution is 5.83. The lowest BCUT2D eigenvalue weighted by atomic mass is 10.1. The number of carbonyl (C=O) groups excluding carboxylic acids is 1. The maximum atomic E-state index is 10.2. The number of ether oxygens (including phenoxy) is 1. The Labute approximate surface area is 73.0 Å². The monoisotopic (exact) mass is 171 g/mol. The Morgan fingerprint density at radius 3 is 2.67 bits per heavy atom. The van der Waals surface area contributed by atoms with Crippen molar-refractivity contribution < 1.29 is 14.6 Å². The number of rotatable bonds is 5. The van der Waals surface area contributed by atoms with Crippen LogP contribution < -0.4 is 5.11 Å². The van der Waals surface area contributed by atoms with Crippen LogP contribution in [-0.4, -0.2) is 19.2 Å². The first-order valence-corrected chi connectivity index (χ1v) is 3.98. The molecule has 0 aromatic heterocycles. The van der Waals surface area contributed by atoms with E-state index in [9.17, 15) is 9.90 Å². The smallest absolute Gasteiger partial charge is 0.0668 e. The number of carboxylic acid groups (broad SMARTS) is 1. The first-order valence-electron chi connectivity index (χ1n) is 3.98. The third-order valence-electron chi connectivity index (χ3n) is 1.75. The van der Waals surface area contributed by atoms with Crippen LogP contribution in [0.15, 0.2) is 11.6 Å². The molecule has 3 heteroatoms. The van der Waals surface area contributed by atoms with E-state index in [4.69, 9.17) is 4.74 Å². The zero-order chi connectivity index (χ0) is 9.56. The minimum absolute atomic E-state index is 0.177. The molecule has 0 fully saturated rings. The van der Waals surface area contributed by atoms with Gasteiger partial charge in [0.25, 0.3) is 0 Å². The lowest BCUT2D eigenvalue weighted by molar-refractivity contribution is -0.299. The van der Waals surface area contributed by atoms with Crippen LogP contribution in [0.25, 0.3) is 0 Å². The quantitative estimate of drug-likeness (QED) is 0.566. The average Bonchev–Trinajstić information content (AvgIpc) is 2.03. The van der Waals surface area contributed by atoms with Gasteiger partial charge in [0.2, 0.25) is 0 Å². The number of hydrogen-bond acceptors (Lipinski definition) is 3. The topological polar surface area (TPSA) is 49.4 Å². The Morgan fingerprint density at radius 2 is 2.25 bits per heavy atom. The van der Waals surface area contributed by atoms with Crippen LogP contribution in [0.4, 0.5) is 0 Å². The van der Waals surface area contributed by atoms with Gasteiger partial charge in [-0.25, -0.2) is 0 Å². The Kier molecular flexibility index (Phi) is 5.37. The number of aliphatic carboxylic acids is 1. The minimum atomic E-state index is -1.10. The second-order valence-corrected chi connectivity index (χ2v) is 2.80. The highest BCUT2D eigenvalue weighted by atomic mass is 16.5. The van der Waals surface area contributed by atoms with Crippen LogP contribution in [0.5, 0.6) is 0 Å². The molecule has 0 aliphatic carbocycles. The Bertz CT molecular complexity index is 173. The Hall–Kier alpha value is -0.830. The van der Waals surface area contributed by atoms with E-state index in [0.29, 0.717) is 5.57 Å². The van der Waals surface area contributed by atoms with E-state index in [1.54, 1.807) is 13.2 Å². The van der Waals surface area contributed by atoms with Gasteiger partial charge in [0.05, 0.1) is 12.1 Å². The van der Waals surface area contributed by atoms with Gasteiger partial charge in [0, 0.05) is 7.11 Å². The molecule has 0 aromatic rings. The lowest BCUT2D eigenvalue weighted by Crippen LogP contribution is -2.23. The largest absolute Gasteiger partial charge is 0.545 e. The molecular weight excluding hydrogens is 156 g/mol. The molecule has 0 aromatic carbocycles. The third kappa shape index (κ3) is 4.91. The van der Waals surface area contributed by atoms with Gasteiger partial charge in [-0.1, -0.05) is 6.08 Å². The van der Waals surface area contributed by atoms with Gasteiger partial charge >= 0.3 is 0 Å². The van der Waals surface area contributed by atoms with E-state index in [1.807, 2.05) is 6.92 Å². The van der Waals surface area contributed by atoms with Gasteiger partial charge < -0.3 is 14.6 Å². The molecule has 0 bridgehead atoms. The van der Waals surface area contributed by atoms with E-state index in [-0.39, 0.29) is 6.10 Å². The van der Waals surface area contributed by atoms with Gasteiger partial charge in [-0.15, -0.1) is 0 Å². The summed E-state index contributed by atoms with van der Waals surface area (Å²) in [5, 5.41) is 10.2. The number of carbonyl (C=O) groups is 1. The molecule has 0 N–H and O–H groups in total. The summed E-state index contributed by atoms with van der Waals surface area (Å²) >= 11 is 0. The predicted molar refractivity (Wildman–Crippen MR) is 44.5 cm³/mol. The van der Waals surface area contributed by atoms with Gasteiger partial charge in [-0.05, 0) is 32.3 Å². The first-order chi connectivity index (χ1) is 5.57. The van der Waals surface area contributed by atoms with Crippen LogP contribution in [0.2, 0.25) is 0 Å². The van der Waals surface area contributed by atoms with Crippen LogP contribution in [0, 0.1) is 0 Å². The summed E-state index contributed by atoms with van der Waals surface area (Å²) in [6.07, 6.45) is 3.39. The molecule has 0 amide bonds. The maximum Gasteiger partial charge on any atom is 0.0668 e. The molecule has 0 radical (unpaired) electrons. The molecule has 0 aliphatic rings. The van der Waals surface area contributed by atoms with Crippen molar-refractivity contribution in [2.75, 3.05) is 7.11 Å². The van der Waals surface area contributed by atoms with E-state index < -0.39 is 5.97 Å². The summed E-state index contributed by atoms with van der Waals surface area (Å²) in [5.41, 5.74) is 0.290. The molecule has 0 spiro atoms. The van der Waals surface area contributed by atoms with Crippen molar-refractivity contribution in [3.8, 4) is 0 Å². The van der Waals surface area contributed by atoms with Crippen LogP contribution >= 0.6 is 0 Å². The lowest BCUT2D eigenvalue weighted by Gasteiger charge is -2.07. The van der Waals surface area contributed by atoms with Crippen molar-refractivity contribution in [2.24, 2.45) is 0 Å². The summed E-state index contributed by atoms with van der Waals surface area (Å²) in [5.74, 6) is -1.10.